The van der Waals surface area contributed by atoms with Gasteiger partial charge in [0.2, 0.25) is 0 Å². The lowest BCUT2D eigenvalue weighted by molar-refractivity contribution is 0.108. The highest BCUT2D eigenvalue weighted by atomic mass is 16.3. The van der Waals surface area contributed by atoms with Crippen LogP contribution in [0, 0.1) is 0 Å². The molecule has 18 heavy (non-hydrogen) atoms. The second-order valence-corrected chi connectivity index (χ2v) is 5.33. The van der Waals surface area contributed by atoms with Crippen molar-refractivity contribution in [1.29, 1.82) is 0 Å². The van der Waals surface area contributed by atoms with Crippen LogP contribution < -0.4 is 10.2 Å². The zero-order valence-electron chi connectivity index (χ0n) is 10.9. The fourth-order valence-corrected chi connectivity index (χ4v) is 2.91. The van der Waals surface area contributed by atoms with Crippen LogP contribution in [0.5, 0.6) is 0 Å². The topological polar surface area (TPSA) is 38.7 Å². The maximum atomic E-state index is 10.2. The first kappa shape index (κ1) is 12.0. The van der Waals surface area contributed by atoms with Gasteiger partial charge in [-0.25, -0.2) is 0 Å². The number of anilines is 1. The third-order valence-electron chi connectivity index (χ3n) is 3.90. The van der Waals surface area contributed by atoms with Crippen LogP contribution in [0.4, 0.5) is 5.69 Å². The van der Waals surface area contributed by atoms with Gasteiger partial charge in [-0.05, 0) is 30.3 Å². The van der Waals surface area contributed by atoms with Crippen LogP contribution in [0.1, 0.15) is 17.2 Å². The first-order valence-electron chi connectivity index (χ1n) is 6.69. The van der Waals surface area contributed by atoms with Gasteiger partial charge in [-0.15, -0.1) is 0 Å². The van der Waals surface area contributed by atoms with Gasteiger partial charge in [0, 0.05) is 45.0 Å². The third kappa shape index (κ3) is 2.23. The van der Waals surface area contributed by atoms with E-state index in [1.807, 2.05) is 0 Å². The Hall–Kier alpha value is -1.10. The van der Waals surface area contributed by atoms with Crippen LogP contribution in [0.25, 0.3) is 0 Å². The maximum absolute atomic E-state index is 10.2. The zero-order chi connectivity index (χ0) is 12.5. The molecule has 3 rings (SSSR count). The van der Waals surface area contributed by atoms with Crippen molar-refractivity contribution in [3.05, 3.63) is 29.3 Å². The monoisotopic (exact) mass is 247 g/mol. The van der Waals surface area contributed by atoms with Crippen LogP contribution in [0.2, 0.25) is 0 Å². The Morgan fingerprint density at radius 1 is 1.28 bits per heavy atom. The van der Waals surface area contributed by atoms with Crippen molar-refractivity contribution in [3.8, 4) is 0 Å². The van der Waals surface area contributed by atoms with Crippen molar-refractivity contribution in [2.75, 3.05) is 44.7 Å². The highest BCUT2D eigenvalue weighted by Crippen LogP contribution is 2.29. The normalized spacial score (nSPS) is 25.0. The minimum Gasteiger partial charge on any atom is -0.387 e. The largest absolute Gasteiger partial charge is 0.387 e. The minimum absolute atomic E-state index is 0.346. The predicted octanol–water partition coefficient (Wildman–Crippen LogP) is 0.575. The summed E-state index contributed by atoms with van der Waals surface area (Å²) in [6.07, 6.45) is -0.346. The SMILES string of the molecule is CN1Cc2ccc(N3CCNCC3)cc2C(O)C1. The number of fused-ring (bicyclic) bond motifs is 1. The summed E-state index contributed by atoms with van der Waals surface area (Å²) in [5.41, 5.74) is 3.62. The molecular weight excluding hydrogens is 226 g/mol. The number of nitrogens with zero attached hydrogens (tertiary/aromatic N) is 2. The van der Waals surface area contributed by atoms with Crippen molar-refractivity contribution in [3.63, 3.8) is 0 Å². The molecule has 0 radical (unpaired) electrons. The van der Waals surface area contributed by atoms with Crippen molar-refractivity contribution in [2.45, 2.75) is 12.6 Å². The summed E-state index contributed by atoms with van der Waals surface area (Å²) in [5, 5.41) is 13.5. The van der Waals surface area contributed by atoms with E-state index in [1.165, 1.54) is 11.3 Å². The number of benzene rings is 1. The zero-order valence-corrected chi connectivity index (χ0v) is 10.9. The fraction of sp³-hybridized carbons (Fsp3) is 0.571. The number of rotatable bonds is 1. The Balaban J connectivity index is 1.87. The number of aliphatic hydroxyl groups excluding tert-OH is 1. The van der Waals surface area contributed by atoms with Gasteiger partial charge in [-0.1, -0.05) is 6.07 Å². The third-order valence-corrected chi connectivity index (χ3v) is 3.90. The molecule has 1 aromatic rings. The second kappa shape index (κ2) is 4.88. The molecule has 1 saturated heterocycles. The van der Waals surface area contributed by atoms with Crippen LogP contribution in [-0.2, 0) is 6.54 Å². The summed E-state index contributed by atoms with van der Waals surface area (Å²) < 4.78 is 0. The Kier molecular flexibility index (Phi) is 3.24. The van der Waals surface area contributed by atoms with E-state index < -0.39 is 0 Å². The minimum atomic E-state index is -0.346. The molecule has 1 atom stereocenters. The van der Waals surface area contributed by atoms with Crippen molar-refractivity contribution < 1.29 is 5.11 Å². The number of hydrogen-bond donors (Lipinski definition) is 2. The number of hydrogen-bond acceptors (Lipinski definition) is 4. The lowest BCUT2D eigenvalue weighted by Gasteiger charge is -2.33. The fourth-order valence-electron chi connectivity index (χ4n) is 2.91. The summed E-state index contributed by atoms with van der Waals surface area (Å²) in [7, 11) is 2.05. The molecule has 1 aromatic carbocycles. The molecule has 98 valence electrons. The highest BCUT2D eigenvalue weighted by molar-refractivity contribution is 5.52. The van der Waals surface area contributed by atoms with E-state index in [4.69, 9.17) is 0 Å². The molecule has 0 spiro atoms. The Morgan fingerprint density at radius 3 is 2.83 bits per heavy atom. The first-order chi connectivity index (χ1) is 8.74. The van der Waals surface area contributed by atoms with E-state index in [2.05, 4.69) is 40.4 Å². The maximum Gasteiger partial charge on any atom is 0.0920 e. The highest BCUT2D eigenvalue weighted by Gasteiger charge is 2.22. The molecule has 2 aliphatic heterocycles. The first-order valence-corrected chi connectivity index (χ1v) is 6.69. The van der Waals surface area contributed by atoms with E-state index in [1.54, 1.807) is 0 Å². The van der Waals surface area contributed by atoms with E-state index in [-0.39, 0.29) is 6.10 Å². The smallest absolute Gasteiger partial charge is 0.0920 e. The molecule has 0 bridgehead atoms. The summed E-state index contributed by atoms with van der Waals surface area (Å²) >= 11 is 0. The van der Waals surface area contributed by atoms with Crippen molar-refractivity contribution in [2.24, 2.45) is 0 Å². The molecule has 4 heteroatoms. The molecule has 2 N–H and O–H groups in total. The van der Waals surface area contributed by atoms with Crippen molar-refractivity contribution >= 4 is 5.69 Å². The van der Waals surface area contributed by atoms with E-state index >= 15 is 0 Å². The number of piperazine rings is 1. The van der Waals surface area contributed by atoms with Crippen LogP contribution in [0.15, 0.2) is 18.2 Å². The van der Waals surface area contributed by atoms with Gasteiger partial charge >= 0.3 is 0 Å². The molecule has 0 saturated carbocycles. The molecule has 0 aliphatic carbocycles. The van der Waals surface area contributed by atoms with Gasteiger partial charge in [-0.2, -0.15) is 0 Å². The number of aliphatic hydroxyl groups is 1. The summed E-state index contributed by atoms with van der Waals surface area (Å²) in [6.45, 7) is 5.86. The molecular formula is C14H21N3O. The lowest BCUT2D eigenvalue weighted by atomic mass is 9.96. The number of nitrogens with one attached hydrogen (secondary N) is 1. The average molecular weight is 247 g/mol. The Bertz CT molecular complexity index is 429. The van der Waals surface area contributed by atoms with Gasteiger partial charge in [0.05, 0.1) is 6.10 Å². The predicted molar refractivity (Wildman–Crippen MR) is 72.8 cm³/mol. The molecule has 0 aromatic heterocycles. The van der Waals surface area contributed by atoms with Crippen molar-refractivity contribution in [1.82, 2.24) is 10.2 Å². The van der Waals surface area contributed by atoms with Gasteiger partial charge in [0.25, 0.3) is 0 Å². The summed E-state index contributed by atoms with van der Waals surface area (Å²) in [6, 6.07) is 6.54. The van der Waals surface area contributed by atoms with Gasteiger partial charge in [0.1, 0.15) is 0 Å². The summed E-state index contributed by atoms with van der Waals surface area (Å²) in [4.78, 5) is 4.55. The van der Waals surface area contributed by atoms with Crippen LogP contribution >= 0.6 is 0 Å². The molecule has 2 aliphatic rings. The lowest BCUT2D eigenvalue weighted by Crippen LogP contribution is -2.43. The molecule has 2 heterocycles. The second-order valence-electron chi connectivity index (χ2n) is 5.33. The number of β-amino-alcohol motifs (C(OH)–C–C–N with tert-alkyl or cyclic N) is 1. The van der Waals surface area contributed by atoms with Gasteiger partial charge in [0.15, 0.2) is 0 Å². The van der Waals surface area contributed by atoms with Gasteiger partial charge in [-0.3, -0.25) is 4.90 Å². The van der Waals surface area contributed by atoms with E-state index in [9.17, 15) is 5.11 Å². The molecule has 0 amide bonds. The standard InChI is InChI=1S/C14H21N3O/c1-16-9-11-2-3-12(8-13(11)14(18)10-16)17-6-4-15-5-7-17/h2-3,8,14-15,18H,4-7,9-10H2,1H3. The van der Waals surface area contributed by atoms with E-state index in [0.29, 0.717) is 0 Å². The van der Waals surface area contributed by atoms with Gasteiger partial charge < -0.3 is 15.3 Å². The molecule has 1 fully saturated rings. The average Bonchev–Trinajstić information content (AvgIpc) is 2.39. The molecule has 4 nitrogen and oxygen atoms in total. The molecule has 1 unspecified atom stereocenters. The van der Waals surface area contributed by atoms with Crippen LogP contribution in [-0.4, -0.2) is 49.8 Å². The quantitative estimate of drug-likeness (QED) is 0.761. The number of likely N-dealkylation sites (N-methyl/N-ethyl adjacent to an activating group) is 1. The Labute approximate surface area is 108 Å². The van der Waals surface area contributed by atoms with E-state index in [0.717, 1.165) is 44.8 Å². The Morgan fingerprint density at radius 2 is 2.06 bits per heavy atom. The summed E-state index contributed by atoms with van der Waals surface area (Å²) in [5.74, 6) is 0. The van der Waals surface area contributed by atoms with Crippen LogP contribution in [0.3, 0.4) is 0 Å².